The van der Waals surface area contributed by atoms with E-state index >= 15 is 0 Å². The molecule has 12 heteroatoms. The number of halogens is 1. The molecule has 1 aliphatic carbocycles. The molecular weight excluding hydrogens is 612 g/mol. The van der Waals surface area contributed by atoms with Gasteiger partial charge >= 0.3 is 12.1 Å². The molecule has 1 aromatic heterocycles. The zero-order chi connectivity index (χ0) is 33.1. The van der Waals surface area contributed by atoms with Crippen LogP contribution in [0.25, 0.3) is 11.0 Å². The zero-order valence-electron chi connectivity index (χ0n) is 26.9. The highest BCUT2D eigenvalue weighted by molar-refractivity contribution is 6.31. The van der Waals surface area contributed by atoms with Gasteiger partial charge in [-0.25, -0.2) is 14.8 Å². The average Bonchev–Trinajstić information content (AvgIpc) is 3.52. The molecule has 0 spiro atoms. The second-order valence-corrected chi connectivity index (χ2v) is 13.7. The summed E-state index contributed by atoms with van der Waals surface area (Å²) in [5.41, 5.74) is -0.517. The van der Waals surface area contributed by atoms with Crippen molar-refractivity contribution < 1.29 is 33.4 Å². The minimum atomic E-state index is -0.960. The first kappa shape index (κ1) is 33.6. The molecule has 1 aromatic carbocycles. The van der Waals surface area contributed by atoms with Crippen LogP contribution in [-0.2, 0) is 23.9 Å². The summed E-state index contributed by atoms with van der Waals surface area (Å²) < 4.78 is 17.1. The Bertz CT molecular complexity index is 1510. The highest BCUT2D eigenvalue weighted by atomic mass is 35.5. The number of amides is 2. The minimum Gasteiger partial charge on any atom is -0.470 e. The van der Waals surface area contributed by atoms with Crippen molar-refractivity contribution in [1.29, 1.82) is 0 Å². The van der Waals surface area contributed by atoms with Gasteiger partial charge in [-0.3, -0.25) is 14.4 Å². The Balaban J connectivity index is 1.45. The smallest absolute Gasteiger partial charge is 0.408 e. The van der Waals surface area contributed by atoms with Crippen LogP contribution in [0, 0.1) is 11.3 Å². The summed E-state index contributed by atoms with van der Waals surface area (Å²) in [5, 5.41) is 2.83. The molecule has 5 rings (SSSR count). The summed E-state index contributed by atoms with van der Waals surface area (Å²) in [6.45, 7) is 7.26. The van der Waals surface area contributed by atoms with Crippen molar-refractivity contribution >= 4 is 46.4 Å². The monoisotopic (exact) mass is 654 g/mol. The molecule has 3 aliphatic rings. The number of carbonyl (C=O) groups excluding carboxylic acids is 4. The second kappa shape index (κ2) is 13.9. The fourth-order valence-electron chi connectivity index (χ4n) is 6.38. The van der Waals surface area contributed by atoms with Crippen molar-refractivity contribution in [3.05, 3.63) is 41.6 Å². The van der Waals surface area contributed by atoms with E-state index in [0.717, 1.165) is 19.3 Å². The van der Waals surface area contributed by atoms with Gasteiger partial charge < -0.3 is 24.4 Å². The molecule has 0 bridgehead atoms. The van der Waals surface area contributed by atoms with E-state index in [1.807, 2.05) is 18.2 Å². The number of rotatable bonds is 5. The SMILES string of the molecule is CCOC(=O)[C@]12CC(=O)[C@@H]3C[C@@H](Oc4nc5ccccc5nc4Cl)CN3C(=O)[C@@H](NC(=O)OC(C)(C)C)CCCCC/C=C\[C@@H]1C2. The maximum absolute atomic E-state index is 14.2. The maximum Gasteiger partial charge on any atom is 0.408 e. The average molecular weight is 655 g/mol. The fraction of sp³-hybridized carbons (Fsp3) is 0.588. The van der Waals surface area contributed by atoms with Crippen LogP contribution in [0.5, 0.6) is 5.88 Å². The number of hydrogen-bond acceptors (Lipinski definition) is 9. The number of ether oxygens (including phenoxy) is 3. The number of carbonyl (C=O) groups is 4. The molecular formula is C34H43ClN4O7. The number of fused-ring (bicyclic) bond motifs is 3. The van der Waals surface area contributed by atoms with Crippen molar-refractivity contribution in [3.8, 4) is 5.88 Å². The van der Waals surface area contributed by atoms with Gasteiger partial charge in [-0.05, 0) is 71.4 Å². The van der Waals surface area contributed by atoms with E-state index in [1.165, 1.54) is 4.90 Å². The summed E-state index contributed by atoms with van der Waals surface area (Å²) in [4.78, 5) is 64.8. The molecule has 1 saturated carbocycles. The summed E-state index contributed by atoms with van der Waals surface area (Å²) in [7, 11) is 0. The van der Waals surface area contributed by atoms with Gasteiger partial charge in [0.1, 0.15) is 17.7 Å². The van der Waals surface area contributed by atoms with Gasteiger partial charge in [0, 0.05) is 12.8 Å². The van der Waals surface area contributed by atoms with Crippen LogP contribution in [0.1, 0.15) is 79.1 Å². The number of ketones is 1. The Morgan fingerprint density at radius 3 is 2.57 bits per heavy atom. The Morgan fingerprint density at radius 2 is 1.85 bits per heavy atom. The van der Waals surface area contributed by atoms with Gasteiger partial charge in [0.15, 0.2) is 10.9 Å². The van der Waals surface area contributed by atoms with E-state index in [1.54, 1.807) is 39.8 Å². The number of alkyl carbamates (subject to hydrolysis) is 1. The number of para-hydroxylation sites is 2. The van der Waals surface area contributed by atoms with Gasteiger partial charge in [-0.15, -0.1) is 0 Å². The fourth-order valence-corrected chi connectivity index (χ4v) is 6.56. The molecule has 0 radical (unpaired) electrons. The van der Waals surface area contributed by atoms with Crippen molar-refractivity contribution in [2.75, 3.05) is 13.2 Å². The molecule has 2 fully saturated rings. The maximum atomic E-state index is 14.2. The predicted octanol–water partition coefficient (Wildman–Crippen LogP) is 5.57. The first-order chi connectivity index (χ1) is 21.9. The highest BCUT2D eigenvalue weighted by Gasteiger charge is 2.61. The molecule has 2 aliphatic heterocycles. The number of hydrogen-bond donors (Lipinski definition) is 1. The standard InChI is InChI=1S/C34H43ClN4O7/c1-5-44-31(42)34-18-21(34)13-9-7-6-8-10-16-25(38-32(43)46-33(2,3)4)30(41)39-20-22(17-26(39)27(40)19-34)45-29-28(35)36-23-14-11-12-15-24(23)37-29/h9,11-15,21-22,25-26H,5-8,10,16-20H2,1-4H3,(H,38,43)/b13-9-/t21-,22-,25+,26+,34-/m1/s1. The Kier molecular flexibility index (Phi) is 10.2. The van der Waals surface area contributed by atoms with Crippen LogP contribution in [0.4, 0.5) is 4.79 Å². The van der Waals surface area contributed by atoms with E-state index < -0.39 is 47.2 Å². The molecule has 3 heterocycles. The number of benzene rings is 1. The second-order valence-electron chi connectivity index (χ2n) is 13.4. The van der Waals surface area contributed by atoms with Gasteiger partial charge in [0.2, 0.25) is 5.91 Å². The molecule has 46 heavy (non-hydrogen) atoms. The van der Waals surface area contributed by atoms with Crippen LogP contribution in [0.15, 0.2) is 36.4 Å². The van der Waals surface area contributed by atoms with E-state index in [0.29, 0.717) is 30.3 Å². The molecule has 1 N–H and O–H groups in total. The molecule has 1 saturated heterocycles. The van der Waals surface area contributed by atoms with Gasteiger partial charge in [0.05, 0.1) is 35.6 Å². The van der Waals surface area contributed by atoms with Crippen molar-refractivity contribution in [1.82, 2.24) is 20.2 Å². The summed E-state index contributed by atoms with van der Waals surface area (Å²) in [6.07, 6.45) is 6.96. The molecule has 2 aromatic rings. The first-order valence-corrected chi connectivity index (χ1v) is 16.5. The largest absolute Gasteiger partial charge is 0.470 e. The molecule has 2 amide bonds. The van der Waals surface area contributed by atoms with Crippen molar-refractivity contribution in [2.24, 2.45) is 11.3 Å². The normalized spacial score (nSPS) is 27.9. The Labute approximate surface area is 274 Å². The number of aromatic nitrogens is 2. The lowest BCUT2D eigenvalue weighted by Crippen LogP contribution is -2.52. The van der Waals surface area contributed by atoms with Crippen LogP contribution >= 0.6 is 11.6 Å². The van der Waals surface area contributed by atoms with Crippen LogP contribution in [0.2, 0.25) is 5.15 Å². The third kappa shape index (κ3) is 7.79. The lowest BCUT2D eigenvalue weighted by atomic mass is 9.91. The van der Waals surface area contributed by atoms with Gasteiger partial charge in [0.25, 0.3) is 5.88 Å². The predicted molar refractivity (Wildman–Crippen MR) is 171 cm³/mol. The summed E-state index contributed by atoms with van der Waals surface area (Å²) >= 11 is 6.44. The third-order valence-corrected chi connectivity index (χ3v) is 8.97. The van der Waals surface area contributed by atoms with E-state index in [-0.39, 0.29) is 48.7 Å². The third-order valence-electron chi connectivity index (χ3n) is 8.72. The molecule has 5 atom stereocenters. The highest BCUT2D eigenvalue weighted by Crippen LogP contribution is 2.57. The molecule has 248 valence electrons. The number of Topliss-reactive ketones (excluding diaryl/α,β-unsaturated/α-hetero) is 1. The van der Waals surface area contributed by atoms with Crippen LogP contribution in [0.3, 0.4) is 0 Å². The van der Waals surface area contributed by atoms with Crippen molar-refractivity contribution in [2.45, 2.75) is 103 Å². The van der Waals surface area contributed by atoms with E-state index in [2.05, 4.69) is 21.4 Å². The lowest BCUT2D eigenvalue weighted by Gasteiger charge is -2.30. The van der Waals surface area contributed by atoms with E-state index in [4.69, 9.17) is 25.8 Å². The number of nitrogens with zero attached hydrogens (tertiary/aromatic N) is 3. The van der Waals surface area contributed by atoms with Crippen molar-refractivity contribution in [3.63, 3.8) is 0 Å². The summed E-state index contributed by atoms with van der Waals surface area (Å²) in [6, 6.07) is 5.43. The Hall–Kier alpha value is -3.73. The topological polar surface area (TPSA) is 137 Å². The minimum absolute atomic E-state index is 0.0578. The number of allylic oxidation sites excluding steroid dienone is 2. The lowest BCUT2D eigenvalue weighted by molar-refractivity contribution is -0.152. The van der Waals surface area contributed by atoms with Gasteiger partial charge in [-0.1, -0.05) is 48.7 Å². The Morgan fingerprint density at radius 1 is 1.11 bits per heavy atom. The quantitative estimate of drug-likeness (QED) is 0.324. The first-order valence-electron chi connectivity index (χ1n) is 16.2. The number of esters is 1. The molecule has 0 unspecified atom stereocenters. The van der Waals surface area contributed by atoms with Crippen LogP contribution < -0.4 is 10.1 Å². The number of nitrogens with one attached hydrogen (secondary N) is 1. The van der Waals surface area contributed by atoms with E-state index in [9.17, 15) is 19.2 Å². The summed E-state index contributed by atoms with van der Waals surface area (Å²) in [5.74, 6) is -1.06. The molecule has 11 nitrogen and oxygen atoms in total. The zero-order valence-corrected chi connectivity index (χ0v) is 27.7. The van der Waals surface area contributed by atoms with Crippen LogP contribution in [-0.4, -0.2) is 75.6 Å². The van der Waals surface area contributed by atoms with Gasteiger partial charge in [-0.2, -0.15) is 0 Å².